The number of alkyl halides is 3. The van der Waals surface area contributed by atoms with Gasteiger partial charge in [0.05, 0.1) is 0 Å². The topological polar surface area (TPSA) is 53.9 Å². The number of nitrogens with zero attached hydrogens (tertiary/aromatic N) is 5. The molecule has 6 nitrogen and oxygen atoms in total. The molecule has 2 aliphatic rings. The zero-order chi connectivity index (χ0) is 19.6. The maximum Gasteiger partial charge on any atom is 0.573 e. The minimum atomic E-state index is -4.69. The first-order valence-electron chi connectivity index (χ1n) is 8.57. The summed E-state index contributed by atoms with van der Waals surface area (Å²) in [5.74, 6) is 0.583. The molecule has 0 spiro atoms. The minimum Gasteiger partial charge on any atom is -0.406 e. The zero-order valence-electron chi connectivity index (χ0n) is 14.7. The van der Waals surface area contributed by atoms with Crippen LogP contribution in [-0.2, 0) is 6.42 Å². The number of hydrogen-bond acceptors (Lipinski definition) is 6. The summed E-state index contributed by atoms with van der Waals surface area (Å²) >= 11 is 0. The molecule has 0 bridgehead atoms. The molecule has 2 aromatic rings. The summed E-state index contributed by atoms with van der Waals surface area (Å²) in [6.45, 7) is 1.32. The van der Waals surface area contributed by atoms with E-state index < -0.39 is 6.36 Å². The SMILES string of the molecule is FC(F)(F)Oc1ccc(C2=CN3CN(CCc4ccncn4)N=C3C=C2)cc1. The summed E-state index contributed by atoms with van der Waals surface area (Å²) in [5, 5.41) is 6.51. The lowest BCUT2D eigenvalue weighted by Gasteiger charge is -2.20. The molecule has 1 aromatic carbocycles. The maximum atomic E-state index is 12.3. The Balaban J connectivity index is 1.39. The standard InChI is InChI=1S/C19H16F3N5O/c20-19(21,22)28-17-4-1-14(2-5-17)15-3-6-18-25-27(13-26(18)11-15)10-8-16-7-9-23-12-24-16/h1-7,9,11-12H,8,10,13H2. The maximum absolute atomic E-state index is 12.3. The quantitative estimate of drug-likeness (QED) is 0.787. The van der Waals surface area contributed by atoms with Crippen LogP contribution in [0.1, 0.15) is 11.3 Å². The van der Waals surface area contributed by atoms with E-state index >= 15 is 0 Å². The molecule has 0 aliphatic carbocycles. The molecule has 1 aromatic heterocycles. The Bertz CT molecular complexity index is 923. The van der Waals surface area contributed by atoms with Gasteiger partial charge in [-0.3, -0.25) is 5.01 Å². The third-order valence-electron chi connectivity index (χ3n) is 4.25. The van der Waals surface area contributed by atoms with Crippen molar-refractivity contribution in [1.82, 2.24) is 19.9 Å². The predicted molar refractivity (Wildman–Crippen MR) is 96.8 cm³/mol. The van der Waals surface area contributed by atoms with Crippen molar-refractivity contribution in [3.05, 3.63) is 72.5 Å². The summed E-state index contributed by atoms with van der Waals surface area (Å²) in [6.07, 6.45) is 5.02. The van der Waals surface area contributed by atoms with E-state index in [9.17, 15) is 13.2 Å². The number of rotatable bonds is 5. The molecular weight excluding hydrogens is 371 g/mol. The number of ether oxygens (including phenoxy) is 1. The van der Waals surface area contributed by atoms with Gasteiger partial charge in [-0.25, -0.2) is 9.97 Å². The first-order valence-corrected chi connectivity index (χ1v) is 8.57. The lowest BCUT2D eigenvalue weighted by molar-refractivity contribution is -0.274. The summed E-state index contributed by atoms with van der Waals surface area (Å²) in [5.41, 5.74) is 2.63. The number of halogens is 3. The van der Waals surface area contributed by atoms with Gasteiger partial charge in [-0.15, -0.1) is 13.2 Å². The molecule has 4 rings (SSSR count). The third kappa shape index (κ3) is 4.30. The summed E-state index contributed by atoms with van der Waals surface area (Å²) in [6, 6.07) is 7.68. The summed E-state index contributed by atoms with van der Waals surface area (Å²) in [7, 11) is 0. The second kappa shape index (κ2) is 7.34. The van der Waals surface area contributed by atoms with Gasteiger partial charge in [-0.2, -0.15) is 5.10 Å². The molecule has 0 N–H and O–H groups in total. The molecule has 0 saturated carbocycles. The normalized spacial score (nSPS) is 16.0. The van der Waals surface area contributed by atoms with Crippen LogP contribution in [0.4, 0.5) is 13.2 Å². The summed E-state index contributed by atoms with van der Waals surface area (Å²) in [4.78, 5) is 10.1. The van der Waals surface area contributed by atoms with Gasteiger partial charge in [-0.05, 0) is 41.5 Å². The Morgan fingerprint density at radius 1 is 1.07 bits per heavy atom. The van der Waals surface area contributed by atoms with Crippen LogP contribution in [0.25, 0.3) is 5.57 Å². The average Bonchev–Trinajstić information content (AvgIpc) is 3.09. The van der Waals surface area contributed by atoms with Crippen LogP contribution in [0, 0.1) is 0 Å². The lowest BCUT2D eigenvalue weighted by Crippen LogP contribution is -2.28. The first-order chi connectivity index (χ1) is 13.5. The number of aromatic nitrogens is 2. The average molecular weight is 387 g/mol. The van der Waals surface area contributed by atoms with Crippen molar-refractivity contribution in [2.24, 2.45) is 5.10 Å². The fraction of sp³-hybridized carbons (Fsp3) is 0.211. The minimum absolute atomic E-state index is 0.240. The predicted octanol–water partition coefficient (Wildman–Crippen LogP) is 3.42. The number of fused-ring (bicyclic) bond motifs is 1. The van der Waals surface area contributed by atoms with Crippen molar-refractivity contribution in [2.45, 2.75) is 12.8 Å². The highest BCUT2D eigenvalue weighted by atomic mass is 19.4. The van der Waals surface area contributed by atoms with E-state index in [0.29, 0.717) is 6.67 Å². The van der Waals surface area contributed by atoms with E-state index in [-0.39, 0.29) is 5.75 Å². The highest BCUT2D eigenvalue weighted by molar-refractivity contribution is 6.00. The van der Waals surface area contributed by atoms with E-state index in [1.807, 2.05) is 34.3 Å². The Kier molecular flexibility index (Phi) is 4.72. The van der Waals surface area contributed by atoms with Gasteiger partial charge >= 0.3 is 6.36 Å². The largest absolute Gasteiger partial charge is 0.573 e. The van der Waals surface area contributed by atoms with Crippen molar-refractivity contribution < 1.29 is 17.9 Å². The van der Waals surface area contributed by atoms with Crippen LogP contribution in [0.5, 0.6) is 5.75 Å². The van der Waals surface area contributed by atoms with Crippen LogP contribution in [-0.4, -0.2) is 45.3 Å². The van der Waals surface area contributed by atoms with Crippen molar-refractivity contribution in [3.8, 4) is 5.75 Å². The van der Waals surface area contributed by atoms with E-state index in [1.165, 1.54) is 18.5 Å². The van der Waals surface area contributed by atoms with Gasteiger partial charge in [0, 0.05) is 31.1 Å². The van der Waals surface area contributed by atoms with Crippen molar-refractivity contribution in [3.63, 3.8) is 0 Å². The van der Waals surface area contributed by atoms with E-state index in [4.69, 9.17) is 0 Å². The van der Waals surface area contributed by atoms with Crippen LogP contribution in [0.2, 0.25) is 0 Å². The summed E-state index contributed by atoms with van der Waals surface area (Å²) < 4.78 is 40.7. The van der Waals surface area contributed by atoms with Crippen LogP contribution in [0.15, 0.2) is 66.3 Å². The molecule has 0 radical (unpaired) electrons. The van der Waals surface area contributed by atoms with E-state index in [2.05, 4.69) is 19.8 Å². The molecule has 28 heavy (non-hydrogen) atoms. The molecular formula is C19H16F3N5O. The molecule has 0 fully saturated rings. The van der Waals surface area contributed by atoms with Crippen LogP contribution < -0.4 is 4.74 Å². The second-order valence-electron chi connectivity index (χ2n) is 6.24. The van der Waals surface area contributed by atoms with Gasteiger partial charge in [0.1, 0.15) is 18.7 Å². The fourth-order valence-electron chi connectivity index (χ4n) is 2.94. The van der Waals surface area contributed by atoms with Crippen molar-refractivity contribution in [2.75, 3.05) is 13.2 Å². The molecule has 0 unspecified atom stereocenters. The fourth-order valence-corrected chi connectivity index (χ4v) is 2.94. The third-order valence-corrected chi connectivity index (χ3v) is 4.25. The molecule has 9 heteroatoms. The zero-order valence-corrected chi connectivity index (χ0v) is 14.7. The number of amidine groups is 1. The molecule has 2 aliphatic heterocycles. The molecule has 0 saturated heterocycles. The van der Waals surface area contributed by atoms with Crippen molar-refractivity contribution in [1.29, 1.82) is 0 Å². The number of hydrogen-bond donors (Lipinski definition) is 0. The van der Waals surface area contributed by atoms with Crippen LogP contribution >= 0.6 is 0 Å². The van der Waals surface area contributed by atoms with Gasteiger partial charge in [-0.1, -0.05) is 12.1 Å². The first kappa shape index (κ1) is 18.0. The van der Waals surface area contributed by atoms with Gasteiger partial charge in [0.15, 0.2) is 5.84 Å². The number of hydrazone groups is 1. The molecule has 144 valence electrons. The highest BCUT2D eigenvalue weighted by Crippen LogP contribution is 2.27. The van der Waals surface area contributed by atoms with Crippen LogP contribution in [0.3, 0.4) is 0 Å². The molecule has 0 amide bonds. The van der Waals surface area contributed by atoms with E-state index in [0.717, 1.165) is 35.6 Å². The lowest BCUT2D eigenvalue weighted by atomic mass is 10.0. The highest BCUT2D eigenvalue weighted by Gasteiger charge is 2.31. The Morgan fingerprint density at radius 2 is 1.89 bits per heavy atom. The monoisotopic (exact) mass is 387 g/mol. The van der Waals surface area contributed by atoms with E-state index in [1.54, 1.807) is 18.3 Å². The second-order valence-corrected chi connectivity index (χ2v) is 6.24. The van der Waals surface area contributed by atoms with Gasteiger partial charge < -0.3 is 9.64 Å². The molecule has 0 atom stereocenters. The Hall–Kier alpha value is -3.36. The van der Waals surface area contributed by atoms with Gasteiger partial charge in [0.2, 0.25) is 0 Å². The van der Waals surface area contributed by atoms with Gasteiger partial charge in [0.25, 0.3) is 0 Å². The number of benzene rings is 1. The molecule has 3 heterocycles. The Labute approximate surface area is 159 Å². The smallest absolute Gasteiger partial charge is 0.406 e. The number of allylic oxidation sites excluding steroid dienone is 2. The van der Waals surface area contributed by atoms with Crippen molar-refractivity contribution >= 4 is 11.4 Å². The Morgan fingerprint density at radius 3 is 2.61 bits per heavy atom.